The maximum atomic E-state index is 5.14. The van der Waals surface area contributed by atoms with Gasteiger partial charge in [-0.15, -0.1) is 0 Å². The van der Waals surface area contributed by atoms with Crippen molar-refractivity contribution in [2.75, 3.05) is 12.9 Å². The van der Waals surface area contributed by atoms with Crippen LogP contribution >= 0.6 is 11.8 Å². The highest BCUT2D eigenvalue weighted by molar-refractivity contribution is 7.98. The molecule has 18 heavy (non-hydrogen) atoms. The second-order valence-corrected chi connectivity index (χ2v) is 5.21. The zero-order valence-electron chi connectivity index (χ0n) is 10.8. The Bertz CT molecular complexity index is 479. The van der Waals surface area contributed by atoms with Crippen molar-refractivity contribution in [1.82, 2.24) is 9.55 Å². The molecule has 0 bridgehead atoms. The topological polar surface area (TPSA) is 27.1 Å². The van der Waals surface area contributed by atoms with Gasteiger partial charge in [0.15, 0.2) is 0 Å². The summed E-state index contributed by atoms with van der Waals surface area (Å²) >= 11 is 1.93. The maximum absolute atomic E-state index is 5.14. The predicted octanol–water partition coefficient (Wildman–Crippen LogP) is 2.90. The molecule has 0 aliphatic rings. The number of rotatable bonds is 6. The van der Waals surface area contributed by atoms with Crippen LogP contribution in [-0.2, 0) is 19.2 Å². The van der Waals surface area contributed by atoms with E-state index in [1.807, 2.05) is 43.3 Å². The molecule has 0 saturated carbocycles. The first-order chi connectivity index (χ1) is 8.79. The third kappa shape index (κ3) is 3.53. The molecule has 1 aromatic carbocycles. The lowest BCUT2D eigenvalue weighted by Crippen LogP contribution is -1.99. The zero-order valence-corrected chi connectivity index (χ0v) is 11.6. The molecule has 0 aliphatic carbocycles. The second kappa shape index (κ2) is 6.50. The molecular formula is C14H18N2OS. The molecule has 0 radical (unpaired) electrons. The lowest BCUT2D eigenvalue weighted by Gasteiger charge is -2.04. The van der Waals surface area contributed by atoms with Gasteiger partial charge in [-0.05, 0) is 17.7 Å². The third-order valence-corrected chi connectivity index (χ3v) is 3.85. The van der Waals surface area contributed by atoms with Crippen LogP contribution in [-0.4, -0.2) is 22.4 Å². The highest BCUT2D eigenvalue weighted by Crippen LogP contribution is 2.17. The van der Waals surface area contributed by atoms with Gasteiger partial charge in [-0.2, -0.15) is 11.8 Å². The molecule has 0 saturated heterocycles. The van der Waals surface area contributed by atoms with Crippen molar-refractivity contribution < 1.29 is 4.74 Å². The fourth-order valence-corrected chi connectivity index (χ4v) is 2.61. The Morgan fingerprint density at radius 3 is 2.67 bits per heavy atom. The maximum Gasteiger partial charge on any atom is 0.118 e. The summed E-state index contributed by atoms with van der Waals surface area (Å²) in [4.78, 5) is 4.32. The first-order valence-corrected chi connectivity index (χ1v) is 7.12. The molecule has 1 aromatic heterocycles. The summed E-state index contributed by atoms with van der Waals surface area (Å²) in [5.41, 5.74) is 1.33. The molecule has 0 amide bonds. The number of methoxy groups -OCH3 is 1. The molecule has 0 fully saturated rings. The summed E-state index contributed by atoms with van der Waals surface area (Å²) in [5, 5.41) is 0. The van der Waals surface area contributed by atoms with Gasteiger partial charge in [0.1, 0.15) is 11.6 Å². The molecule has 0 aliphatic heterocycles. The fraction of sp³-hybridized carbons (Fsp3) is 0.357. The van der Waals surface area contributed by atoms with Crippen molar-refractivity contribution in [1.29, 1.82) is 0 Å². The van der Waals surface area contributed by atoms with E-state index in [4.69, 9.17) is 4.74 Å². The van der Waals surface area contributed by atoms with E-state index in [-0.39, 0.29) is 0 Å². The summed E-state index contributed by atoms with van der Waals surface area (Å²) < 4.78 is 7.22. The van der Waals surface area contributed by atoms with E-state index in [0.29, 0.717) is 0 Å². The van der Waals surface area contributed by atoms with Gasteiger partial charge in [-0.1, -0.05) is 12.1 Å². The van der Waals surface area contributed by atoms with Gasteiger partial charge in [0, 0.05) is 37.4 Å². The number of thioether (sulfide) groups is 1. The number of hydrogen-bond acceptors (Lipinski definition) is 3. The predicted molar refractivity (Wildman–Crippen MR) is 76.1 cm³/mol. The molecule has 3 nitrogen and oxygen atoms in total. The van der Waals surface area contributed by atoms with Crippen molar-refractivity contribution in [3.8, 4) is 5.75 Å². The van der Waals surface area contributed by atoms with Crippen LogP contribution in [0.4, 0.5) is 0 Å². The average molecular weight is 262 g/mol. The van der Waals surface area contributed by atoms with Gasteiger partial charge < -0.3 is 9.30 Å². The van der Waals surface area contributed by atoms with Crippen molar-refractivity contribution in [3.63, 3.8) is 0 Å². The van der Waals surface area contributed by atoms with Crippen LogP contribution in [0.5, 0.6) is 5.75 Å². The molecule has 0 unspecified atom stereocenters. The summed E-state index contributed by atoms with van der Waals surface area (Å²) in [6.45, 7) is 0. The molecule has 2 rings (SSSR count). The van der Waals surface area contributed by atoms with Gasteiger partial charge in [-0.25, -0.2) is 4.98 Å². The first kappa shape index (κ1) is 13.0. The van der Waals surface area contributed by atoms with E-state index in [0.717, 1.165) is 29.5 Å². The zero-order chi connectivity index (χ0) is 12.8. The molecule has 0 spiro atoms. The second-order valence-electron chi connectivity index (χ2n) is 4.11. The quantitative estimate of drug-likeness (QED) is 0.749. The van der Waals surface area contributed by atoms with Crippen molar-refractivity contribution in [2.45, 2.75) is 12.2 Å². The lowest BCUT2D eigenvalue weighted by molar-refractivity contribution is 0.414. The monoisotopic (exact) mass is 262 g/mol. The Kier molecular flexibility index (Phi) is 4.70. The molecule has 1 heterocycles. The Balaban J connectivity index is 1.73. The number of aromatic nitrogens is 2. The SMILES string of the molecule is COc1ccc(CSCCc2nccn2C)cc1. The molecule has 4 heteroatoms. The van der Waals surface area contributed by atoms with Gasteiger partial charge in [0.25, 0.3) is 0 Å². The molecular weight excluding hydrogens is 244 g/mol. The lowest BCUT2D eigenvalue weighted by atomic mass is 10.2. The van der Waals surface area contributed by atoms with Crippen LogP contribution in [0.2, 0.25) is 0 Å². The Hall–Kier alpha value is -1.42. The van der Waals surface area contributed by atoms with Gasteiger partial charge in [0.2, 0.25) is 0 Å². The summed E-state index contributed by atoms with van der Waals surface area (Å²) in [7, 11) is 3.73. The number of aryl methyl sites for hydroxylation is 2. The minimum Gasteiger partial charge on any atom is -0.497 e. The number of ether oxygens (including phenoxy) is 1. The Morgan fingerprint density at radius 1 is 1.28 bits per heavy atom. The number of imidazole rings is 1. The summed E-state index contributed by atoms with van der Waals surface area (Å²) in [6, 6.07) is 8.25. The van der Waals surface area contributed by atoms with E-state index in [2.05, 4.69) is 21.7 Å². The van der Waals surface area contributed by atoms with E-state index >= 15 is 0 Å². The summed E-state index contributed by atoms with van der Waals surface area (Å²) in [5.74, 6) is 4.19. The minimum atomic E-state index is 0.914. The van der Waals surface area contributed by atoms with E-state index in [1.54, 1.807) is 7.11 Å². The van der Waals surface area contributed by atoms with E-state index in [1.165, 1.54) is 5.56 Å². The van der Waals surface area contributed by atoms with Crippen molar-refractivity contribution >= 4 is 11.8 Å². The fourth-order valence-electron chi connectivity index (χ4n) is 1.71. The molecule has 0 atom stereocenters. The smallest absolute Gasteiger partial charge is 0.118 e. The molecule has 2 aromatic rings. The standard InChI is InChI=1S/C14H18N2OS/c1-16-9-8-15-14(16)7-10-18-11-12-3-5-13(17-2)6-4-12/h3-6,8-9H,7,10-11H2,1-2H3. The van der Waals surface area contributed by atoms with Crippen molar-refractivity contribution in [3.05, 3.63) is 48.0 Å². The number of benzene rings is 1. The number of nitrogens with zero attached hydrogens (tertiary/aromatic N) is 2. The molecule has 0 N–H and O–H groups in total. The van der Waals surface area contributed by atoms with Crippen LogP contribution in [0.25, 0.3) is 0 Å². The van der Waals surface area contributed by atoms with Gasteiger partial charge in [-0.3, -0.25) is 0 Å². The summed E-state index contributed by atoms with van der Waals surface area (Å²) in [6.07, 6.45) is 4.86. The van der Waals surface area contributed by atoms with E-state index < -0.39 is 0 Å². The van der Waals surface area contributed by atoms with Crippen molar-refractivity contribution in [2.24, 2.45) is 7.05 Å². The highest BCUT2D eigenvalue weighted by atomic mass is 32.2. The van der Waals surface area contributed by atoms with Crippen LogP contribution in [0.3, 0.4) is 0 Å². The minimum absolute atomic E-state index is 0.914. The average Bonchev–Trinajstić information content (AvgIpc) is 2.81. The van der Waals surface area contributed by atoms with Crippen LogP contribution in [0.1, 0.15) is 11.4 Å². The third-order valence-electron chi connectivity index (χ3n) is 2.82. The Morgan fingerprint density at radius 2 is 2.06 bits per heavy atom. The van der Waals surface area contributed by atoms with Gasteiger partial charge >= 0.3 is 0 Å². The molecule has 96 valence electrons. The largest absolute Gasteiger partial charge is 0.497 e. The highest BCUT2D eigenvalue weighted by Gasteiger charge is 2.00. The van der Waals surface area contributed by atoms with E-state index in [9.17, 15) is 0 Å². The normalized spacial score (nSPS) is 10.6. The van der Waals surface area contributed by atoms with Crippen LogP contribution in [0, 0.1) is 0 Å². The first-order valence-electron chi connectivity index (χ1n) is 5.96. The van der Waals surface area contributed by atoms with Crippen LogP contribution in [0.15, 0.2) is 36.7 Å². The number of hydrogen-bond donors (Lipinski definition) is 0. The van der Waals surface area contributed by atoms with Crippen LogP contribution < -0.4 is 4.74 Å². The Labute approximate surface area is 112 Å². The van der Waals surface area contributed by atoms with Gasteiger partial charge in [0.05, 0.1) is 7.11 Å².